The Morgan fingerprint density at radius 3 is 3.08 bits per heavy atom. The van der Waals surface area contributed by atoms with Crippen molar-refractivity contribution in [2.45, 2.75) is 6.92 Å². The Balaban J connectivity index is 2.77. The highest BCUT2D eigenvalue weighted by Crippen LogP contribution is 2.22. The third-order valence-corrected chi connectivity index (χ3v) is 2.60. The van der Waals surface area contributed by atoms with Crippen molar-refractivity contribution in [3.05, 3.63) is 28.8 Å². The van der Waals surface area contributed by atoms with Crippen LogP contribution in [0.4, 0.5) is 0 Å². The first kappa shape index (κ1) is 7.26. The smallest absolute Gasteiger partial charge is 0.123 e. The second-order valence-corrected chi connectivity index (χ2v) is 3.82. The van der Waals surface area contributed by atoms with Gasteiger partial charge >= 0.3 is 0 Å². The lowest BCUT2D eigenvalue weighted by Crippen LogP contribution is -1.75. The van der Waals surface area contributed by atoms with Gasteiger partial charge in [0.1, 0.15) is 10.9 Å². The van der Waals surface area contributed by atoms with E-state index in [-0.39, 0.29) is 0 Å². The maximum atomic E-state index is 8.62. The zero-order chi connectivity index (χ0) is 8.55. The van der Waals surface area contributed by atoms with E-state index in [4.69, 9.17) is 5.26 Å². The molecule has 2 rings (SSSR count). The molecule has 2 nitrogen and oxygen atoms in total. The van der Waals surface area contributed by atoms with Gasteiger partial charge in [-0.05, 0) is 19.1 Å². The van der Waals surface area contributed by atoms with Crippen LogP contribution >= 0.6 is 11.3 Å². The van der Waals surface area contributed by atoms with Crippen LogP contribution < -0.4 is 0 Å². The minimum atomic E-state index is 0.625. The van der Waals surface area contributed by atoms with E-state index in [2.05, 4.69) is 11.1 Å². The van der Waals surface area contributed by atoms with Crippen molar-refractivity contribution in [2.24, 2.45) is 0 Å². The van der Waals surface area contributed by atoms with Crippen LogP contribution in [0.5, 0.6) is 0 Å². The third kappa shape index (κ3) is 1.06. The summed E-state index contributed by atoms with van der Waals surface area (Å²) in [5, 5.41) is 9.68. The molecule has 0 N–H and O–H groups in total. The molecule has 2 aromatic heterocycles. The van der Waals surface area contributed by atoms with E-state index in [9.17, 15) is 0 Å². The third-order valence-electron chi connectivity index (χ3n) is 1.62. The predicted molar refractivity (Wildman–Crippen MR) is 49.1 cm³/mol. The largest absolute Gasteiger partial charge is 0.244 e. The number of nitrogens with zero attached hydrogens (tertiary/aromatic N) is 2. The van der Waals surface area contributed by atoms with Gasteiger partial charge in [-0.2, -0.15) is 5.26 Å². The fraction of sp³-hybridized carbons (Fsp3) is 0.111. The number of aryl methyl sites for hydroxylation is 1. The van der Waals surface area contributed by atoms with Crippen LogP contribution in [-0.2, 0) is 0 Å². The molecule has 0 saturated heterocycles. The van der Waals surface area contributed by atoms with E-state index in [0.717, 1.165) is 10.2 Å². The van der Waals surface area contributed by atoms with Crippen molar-refractivity contribution >= 4 is 21.6 Å². The van der Waals surface area contributed by atoms with Crippen molar-refractivity contribution in [2.75, 3.05) is 0 Å². The zero-order valence-corrected chi connectivity index (χ0v) is 7.35. The fourth-order valence-corrected chi connectivity index (χ4v) is 1.95. The molecule has 12 heavy (non-hydrogen) atoms. The van der Waals surface area contributed by atoms with Gasteiger partial charge in [-0.3, -0.25) is 0 Å². The molecule has 2 heterocycles. The van der Waals surface area contributed by atoms with Gasteiger partial charge in [0.25, 0.3) is 0 Å². The lowest BCUT2D eigenvalue weighted by molar-refractivity contribution is 1.39. The summed E-state index contributed by atoms with van der Waals surface area (Å²) >= 11 is 1.65. The van der Waals surface area contributed by atoms with E-state index < -0.39 is 0 Å². The monoisotopic (exact) mass is 174 g/mol. The number of hydrogen-bond acceptors (Lipinski definition) is 3. The summed E-state index contributed by atoms with van der Waals surface area (Å²) in [5.74, 6) is 0. The number of aromatic nitrogens is 1. The molecule has 0 unspecified atom stereocenters. The van der Waals surface area contributed by atoms with Crippen molar-refractivity contribution in [1.29, 1.82) is 5.26 Å². The predicted octanol–water partition coefficient (Wildman–Crippen LogP) is 2.48. The Bertz CT molecular complexity index is 465. The molecule has 0 radical (unpaired) electrons. The van der Waals surface area contributed by atoms with Crippen LogP contribution in [0.1, 0.15) is 10.4 Å². The molecular formula is C9H6N2S. The molecule has 0 atom stereocenters. The summed E-state index contributed by atoms with van der Waals surface area (Å²) in [7, 11) is 0. The minimum Gasteiger partial charge on any atom is -0.244 e. The van der Waals surface area contributed by atoms with E-state index in [1.165, 1.54) is 4.88 Å². The highest BCUT2D eigenvalue weighted by molar-refractivity contribution is 7.18. The number of thiophene rings is 1. The lowest BCUT2D eigenvalue weighted by atomic mass is 10.2. The van der Waals surface area contributed by atoms with E-state index in [1.54, 1.807) is 17.5 Å². The summed E-state index contributed by atoms with van der Waals surface area (Å²) in [6.45, 7) is 2.04. The van der Waals surface area contributed by atoms with Crippen LogP contribution in [0.2, 0.25) is 0 Å². The van der Waals surface area contributed by atoms with Crippen LogP contribution in [0.15, 0.2) is 18.3 Å². The maximum absolute atomic E-state index is 8.62. The Morgan fingerprint density at radius 1 is 1.50 bits per heavy atom. The number of hydrogen-bond donors (Lipinski definition) is 0. The molecule has 0 amide bonds. The molecular weight excluding hydrogens is 168 g/mol. The minimum absolute atomic E-state index is 0.625. The summed E-state index contributed by atoms with van der Waals surface area (Å²) in [6.07, 6.45) is 1.61. The fourth-order valence-electron chi connectivity index (χ4n) is 1.12. The first-order chi connectivity index (χ1) is 5.79. The summed E-state index contributed by atoms with van der Waals surface area (Å²) in [5.41, 5.74) is 0.625. The standard InChI is InChI=1S/C9H6N2S/c1-6-2-8-3-7(4-10)5-11-9(8)12-6/h2-3,5H,1H3. The van der Waals surface area contributed by atoms with Gasteiger partial charge in [0, 0.05) is 16.5 Å². The Kier molecular flexibility index (Phi) is 1.56. The molecule has 0 spiro atoms. The Labute approximate surface area is 74.1 Å². The highest BCUT2D eigenvalue weighted by atomic mass is 32.1. The molecule has 0 aliphatic heterocycles. The molecule has 0 aliphatic carbocycles. The molecule has 58 valence electrons. The molecule has 0 aromatic carbocycles. The Morgan fingerprint density at radius 2 is 2.33 bits per heavy atom. The Hall–Kier alpha value is -1.40. The van der Waals surface area contributed by atoms with E-state index in [0.29, 0.717) is 5.56 Å². The normalized spacial score (nSPS) is 10.0. The number of nitriles is 1. The molecule has 2 aromatic rings. The van der Waals surface area contributed by atoms with Crippen molar-refractivity contribution < 1.29 is 0 Å². The van der Waals surface area contributed by atoms with Gasteiger partial charge < -0.3 is 0 Å². The van der Waals surface area contributed by atoms with Crippen LogP contribution in [0, 0.1) is 18.3 Å². The SMILES string of the molecule is Cc1cc2cc(C#N)cnc2s1. The van der Waals surface area contributed by atoms with E-state index >= 15 is 0 Å². The average Bonchev–Trinajstić information content (AvgIpc) is 2.43. The molecule has 0 aliphatic rings. The topological polar surface area (TPSA) is 36.7 Å². The number of pyridine rings is 1. The number of rotatable bonds is 0. The zero-order valence-electron chi connectivity index (χ0n) is 6.53. The van der Waals surface area contributed by atoms with Crippen molar-refractivity contribution in [3.8, 4) is 6.07 Å². The molecule has 3 heteroatoms. The maximum Gasteiger partial charge on any atom is 0.123 e. The van der Waals surface area contributed by atoms with Gasteiger partial charge in [-0.15, -0.1) is 11.3 Å². The van der Waals surface area contributed by atoms with E-state index in [1.807, 2.05) is 19.1 Å². The molecule has 0 saturated carbocycles. The van der Waals surface area contributed by atoms with Gasteiger partial charge in [0.15, 0.2) is 0 Å². The van der Waals surface area contributed by atoms with Gasteiger partial charge in [-0.1, -0.05) is 0 Å². The van der Waals surface area contributed by atoms with Gasteiger partial charge in [0.05, 0.1) is 5.56 Å². The van der Waals surface area contributed by atoms with Crippen LogP contribution in [0.25, 0.3) is 10.2 Å². The van der Waals surface area contributed by atoms with Crippen molar-refractivity contribution in [1.82, 2.24) is 4.98 Å². The quantitative estimate of drug-likeness (QED) is 0.615. The highest BCUT2D eigenvalue weighted by Gasteiger charge is 1.99. The average molecular weight is 174 g/mol. The summed E-state index contributed by atoms with van der Waals surface area (Å²) in [4.78, 5) is 6.40. The second kappa shape index (κ2) is 2.58. The lowest BCUT2D eigenvalue weighted by Gasteiger charge is -1.87. The van der Waals surface area contributed by atoms with Crippen molar-refractivity contribution in [3.63, 3.8) is 0 Å². The summed E-state index contributed by atoms with van der Waals surface area (Å²) < 4.78 is 0. The molecule has 0 fully saturated rings. The van der Waals surface area contributed by atoms with Crippen LogP contribution in [0.3, 0.4) is 0 Å². The number of fused-ring (bicyclic) bond motifs is 1. The first-order valence-electron chi connectivity index (χ1n) is 3.56. The van der Waals surface area contributed by atoms with Gasteiger partial charge in [-0.25, -0.2) is 4.98 Å². The molecule has 0 bridgehead atoms. The van der Waals surface area contributed by atoms with Crippen LogP contribution in [-0.4, -0.2) is 4.98 Å². The van der Waals surface area contributed by atoms with Gasteiger partial charge in [0.2, 0.25) is 0 Å². The first-order valence-corrected chi connectivity index (χ1v) is 4.37. The summed E-state index contributed by atoms with van der Waals surface area (Å²) in [6, 6.07) is 5.99. The second-order valence-electron chi connectivity index (χ2n) is 2.59.